The molecule has 1 aromatic heterocycles. The van der Waals surface area contributed by atoms with Crippen LogP contribution in [0.4, 0.5) is 27.9 Å². The molecule has 126 valence electrons. The lowest BCUT2D eigenvalue weighted by molar-refractivity contribution is 0.204. The Morgan fingerprint density at radius 1 is 1.08 bits per heavy atom. The molecule has 0 bridgehead atoms. The molecule has 0 aliphatic heterocycles. The first-order valence-corrected chi connectivity index (χ1v) is 7.49. The summed E-state index contributed by atoms with van der Waals surface area (Å²) in [6.07, 6.45) is 0.382. The number of para-hydroxylation sites is 1. The topological polar surface area (TPSA) is 87.6 Å². The van der Waals surface area contributed by atoms with Crippen molar-refractivity contribution in [3.8, 4) is 5.75 Å². The van der Waals surface area contributed by atoms with Gasteiger partial charge in [-0.05, 0) is 36.4 Å². The fourth-order valence-electron chi connectivity index (χ4n) is 2.26. The van der Waals surface area contributed by atoms with Crippen LogP contribution in [-0.2, 0) is 0 Å². The van der Waals surface area contributed by atoms with Crippen molar-refractivity contribution < 1.29 is 14.6 Å². The fraction of sp³-hybridized carbons (Fsp3) is 0.0556. The first-order valence-electron chi connectivity index (χ1n) is 7.49. The van der Waals surface area contributed by atoms with Crippen molar-refractivity contribution in [1.82, 2.24) is 9.97 Å². The lowest BCUT2D eigenvalue weighted by Gasteiger charge is -2.18. The van der Waals surface area contributed by atoms with Crippen molar-refractivity contribution in [2.24, 2.45) is 0 Å². The van der Waals surface area contributed by atoms with E-state index >= 15 is 0 Å². The SMILES string of the molecule is COc1ccc(Nc2nccc(N(C(=O)O)c3ccccc3)n2)cc1. The highest BCUT2D eigenvalue weighted by molar-refractivity contribution is 5.93. The van der Waals surface area contributed by atoms with Gasteiger partial charge < -0.3 is 15.2 Å². The minimum Gasteiger partial charge on any atom is -0.497 e. The smallest absolute Gasteiger partial charge is 0.417 e. The minimum atomic E-state index is -1.12. The number of hydrogen-bond acceptors (Lipinski definition) is 5. The monoisotopic (exact) mass is 336 g/mol. The largest absolute Gasteiger partial charge is 0.497 e. The number of nitrogens with one attached hydrogen (secondary N) is 1. The van der Waals surface area contributed by atoms with Crippen molar-refractivity contribution in [3.63, 3.8) is 0 Å². The van der Waals surface area contributed by atoms with Crippen LogP contribution in [0.25, 0.3) is 0 Å². The highest BCUT2D eigenvalue weighted by Gasteiger charge is 2.18. The molecule has 0 unspecified atom stereocenters. The molecule has 25 heavy (non-hydrogen) atoms. The predicted molar refractivity (Wildman–Crippen MR) is 94.9 cm³/mol. The second kappa shape index (κ2) is 7.31. The molecule has 1 heterocycles. The van der Waals surface area contributed by atoms with Gasteiger partial charge in [-0.1, -0.05) is 18.2 Å². The van der Waals surface area contributed by atoms with Gasteiger partial charge in [-0.15, -0.1) is 0 Å². The Labute approximate surface area is 144 Å². The first kappa shape index (κ1) is 16.3. The standard InChI is InChI=1S/C18H16N4O3/c1-25-15-9-7-13(8-10-15)20-17-19-12-11-16(21-17)22(18(23)24)14-5-3-2-4-6-14/h2-12H,1H3,(H,23,24)(H,19,20,21). The van der Waals surface area contributed by atoms with Gasteiger partial charge >= 0.3 is 6.09 Å². The maximum Gasteiger partial charge on any atom is 0.417 e. The van der Waals surface area contributed by atoms with Crippen LogP contribution in [0.15, 0.2) is 66.9 Å². The summed E-state index contributed by atoms with van der Waals surface area (Å²) in [7, 11) is 1.60. The van der Waals surface area contributed by atoms with Gasteiger partial charge in [0, 0.05) is 18.0 Å². The Balaban J connectivity index is 1.88. The Morgan fingerprint density at radius 2 is 1.80 bits per heavy atom. The van der Waals surface area contributed by atoms with Gasteiger partial charge in [0.05, 0.1) is 12.8 Å². The van der Waals surface area contributed by atoms with Crippen molar-refractivity contribution in [2.75, 3.05) is 17.3 Å². The van der Waals surface area contributed by atoms with Crippen molar-refractivity contribution in [2.45, 2.75) is 0 Å². The molecule has 3 rings (SSSR count). The van der Waals surface area contributed by atoms with Crippen molar-refractivity contribution >= 4 is 29.2 Å². The summed E-state index contributed by atoms with van der Waals surface area (Å²) in [5.74, 6) is 1.29. The number of benzene rings is 2. The summed E-state index contributed by atoms with van der Waals surface area (Å²) in [4.78, 5) is 21.2. The number of rotatable bonds is 5. The van der Waals surface area contributed by atoms with Crippen LogP contribution in [0, 0.1) is 0 Å². The number of aromatic nitrogens is 2. The number of ether oxygens (including phenoxy) is 1. The Bertz CT molecular complexity index is 854. The molecule has 2 N–H and O–H groups in total. The molecule has 0 aliphatic carbocycles. The first-order chi connectivity index (χ1) is 12.2. The Kier molecular flexibility index (Phi) is 4.75. The van der Waals surface area contributed by atoms with E-state index in [0.717, 1.165) is 16.3 Å². The van der Waals surface area contributed by atoms with Crippen LogP contribution in [-0.4, -0.2) is 28.3 Å². The highest BCUT2D eigenvalue weighted by Crippen LogP contribution is 2.25. The molecule has 0 aliphatic rings. The summed E-state index contributed by atoms with van der Waals surface area (Å²) in [6, 6.07) is 17.5. The van der Waals surface area contributed by atoms with Gasteiger partial charge in [0.25, 0.3) is 0 Å². The molecule has 3 aromatic rings. The maximum absolute atomic E-state index is 11.7. The van der Waals surface area contributed by atoms with Gasteiger partial charge in [-0.25, -0.2) is 14.7 Å². The molecule has 0 saturated carbocycles. The Hall–Kier alpha value is -3.61. The van der Waals surface area contributed by atoms with Crippen LogP contribution in [0.2, 0.25) is 0 Å². The second-order valence-corrected chi connectivity index (χ2v) is 5.05. The average Bonchev–Trinajstić information content (AvgIpc) is 2.63. The Morgan fingerprint density at radius 3 is 2.44 bits per heavy atom. The molecule has 2 aromatic carbocycles. The highest BCUT2D eigenvalue weighted by atomic mass is 16.5. The van der Waals surface area contributed by atoms with E-state index in [9.17, 15) is 9.90 Å². The third kappa shape index (κ3) is 3.84. The number of anilines is 4. The molecule has 7 nitrogen and oxygen atoms in total. The number of hydrogen-bond donors (Lipinski definition) is 2. The molecule has 0 atom stereocenters. The lowest BCUT2D eigenvalue weighted by Crippen LogP contribution is -2.24. The average molecular weight is 336 g/mol. The van der Waals surface area contributed by atoms with E-state index in [1.54, 1.807) is 49.6 Å². The third-order valence-corrected chi connectivity index (χ3v) is 3.42. The fourth-order valence-corrected chi connectivity index (χ4v) is 2.26. The zero-order chi connectivity index (χ0) is 17.6. The summed E-state index contributed by atoms with van der Waals surface area (Å²) in [5.41, 5.74) is 1.27. The van der Waals surface area contributed by atoms with Gasteiger partial charge in [0.2, 0.25) is 5.95 Å². The normalized spacial score (nSPS) is 10.1. The van der Waals surface area contributed by atoms with Gasteiger partial charge in [-0.3, -0.25) is 0 Å². The van der Waals surface area contributed by atoms with Crippen LogP contribution in [0.3, 0.4) is 0 Å². The summed E-state index contributed by atoms with van der Waals surface area (Å²) in [6.45, 7) is 0. The predicted octanol–water partition coefficient (Wildman–Crippen LogP) is 4.04. The number of carboxylic acid groups (broad SMARTS) is 1. The van der Waals surface area contributed by atoms with E-state index in [-0.39, 0.29) is 5.82 Å². The van der Waals surface area contributed by atoms with Crippen LogP contribution >= 0.6 is 0 Å². The number of methoxy groups -OCH3 is 1. The van der Waals surface area contributed by atoms with E-state index in [1.165, 1.54) is 6.20 Å². The van der Waals surface area contributed by atoms with Crippen LogP contribution in [0.5, 0.6) is 5.75 Å². The molecule has 0 radical (unpaired) electrons. The minimum absolute atomic E-state index is 0.254. The van der Waals surface area contributed by atoms with Gasteiger partial charge in [0.15, 0.2) is 0 Å². The molecular weight excluding hydrogens is 320 g/mol. The molecular formula is C18H16N4O3. The zero-order valence-corrected chi connectivity index (χ0v) is 13.5. The van der Waals surface area contributed by atoms with E-state index in [1.807, 2.05) is 18.2 Å². The summed E-state index contributed by atoms with van der Waals surface area (Å²) < 4.78 is 5.11. The third-order valence-electron chi connectivity index (χ3n) is 3.42. The molecule has 1 amide bonds. The van der Waals surface area contributed by atoms with Crippen LogP contribution < -0.4 is 15.0 Å². The number of nitrogens with zero attached hydrogens (tertiary/aromatic N) is 3. The second-order valence-electron chi connectivity index (χ2n) is 5.05. The zero-order valence-electron chi connectivity index (χ0n) is 13.5. The van der Waals surface area contributed by atoms with E-state index in [2.05, 4.69) is 15.3 Å². The summed E-state index contributed by atoms with van der Waals surface area (Å²) >= 11 is 0. The summed E-state index contributed by atoms with van der Waals surface area (Å²) in [5, 5.41) is 12.6. The van der Waals surface area contributed by atoms with Crippen molar-refractivity contribution in [1.29, 1.82) is 0 Å². The van der Waals surface area contributed by atoms with Gasteiger partial charge in [0.1, 0.15) is 11.6 Å². The van der Waals surface area contributed by atoms with E-state index in [0.29, 0.717) is 11.6 Å². The number of amides is 1. The van der Waals surface area contributed by atoms with Gasteiger partial charge in [-0.2, -0.15) is 4.98 Å². The lowest BCUT2D eigenvalue weighted by atomic mass is 10.3. The van der Waals surface area contributed by atoms with Crippen molar-refractivity contribution in [3.05, 3.63) is 66.9 Å². The van der Waals surface area contributed by atoms with E-state index < -0.39 is 6.09 Å². The van der Waals surface area contributed by atoms with E-state index in [4.69, 9.17) is 4.74 Å². The maximum atomic E-state index is 11.7. The number of carbonyl (C=O) groups is 1. The molecule has 0 fully saturated rings. The molecule has 0 spiro atoms. The van der Waals surface area contributed by atoms with Crippen LogP contribution in [0.1, 0.15) is 0 Å². The molecule has 7 heteroatoms. The molecule has 0 saturated heterocycles. The quantitative estimate of drug-likeness (QED) is 0.731.